The van der Waals surface area contributed by atoms with E-state index in [-0.39, 0.29) is 5.91 Å². The summed E-state index contributed by atoms with van der Waals surface area (Å²) in [6.07, 6.45) is 0. The molecule has 1 aliphatic rings. The van der Waals surface area contributed by atoms with E-state index in [4.69, 9.17) is 0 Å². The van der Waals surface area contributed by atoms with E-state index in [1.165, 1.54) is 13.8 Å². The molecule has 1 aliphatic heterocycles. The number of halogens is 1. The standard InChI is InChI=1S/C20H19IN2OS/c21-17-6-3-4-15(12-17)14-22-8-10-23(11-9-22)20(24)19-13-16-5-1-2-7-18(16)25-19/h1-7,12-13H,8-11,14H2. The molecule has 1 aromatic heterocycles. The highest BCUT2D eigenvalue weighted by molar-refractivity contribution is 14.1. The minimum absolute atomic E-state index is 0.176. The normalized spacial score (nSPS) is 15.6. The van der Waals surface area contributed by atoms with Gasteiger partial charge in [0, 0.05) is 41.0 Å². The summed E-state index contributed by atoms with van der Waals surface area (Å²) in [5, 5.41) is 1.16. The first-order chi connectivity index (χ1) is 12.2. The molecular formula is C20H19IN2OS. The number of hydrogen-bond donors (Lipinski definition) is 0. The van der Waals surface area contributed by atoms with Crippen molar-refractivity contribution in [3.63, 3.8) is 0 Å². The van der Waals surface area contributed by atoms with E-state index >= 15 is 0 Å². The molecule has 3 aromatic rings. The van der Waals surface area contributed by atoms with Crippen LogP contribution in [-0.2, 0) is 6.54 Å². The van der Waals surface area contributed by atoms with Crippen LogP contribution in [0.3, 0.4) is 0 Å². The van der Waals surface area contributed by atoms with Crippen molar-refractivity contribution in [2.45, 2.75) is 6.54 Å². The molecule has 0 radical (unpaired) electrons. The molecule has 128 valence electrons. The van der Waals surface area contributed by atoms with Crippen LogP contribution in [0.1, 0.15) is 15.2 Å². The number of thiophene rings is 1. The summed E-state index contributed by atoms with van der Waals surface area (Å²) in [7, 11) is 0. The van der Waals surface area contributed by atoms with E-state index in [1.54, 1.807) is 11.3 Å². The number of hydrogen-bond acceptors (Lipinski definition) is 3. The largest absolute Gasteiger partial charge is 0.335 e. The number of carbonyl (C=O) groups is 1. The summed E-state index contributed by atoms with van der Waals surface area (Å²) < 4.78 is 2.46. The fourth-order valence-electron chi connectivity index (χ4n) is 3.25. The van der Waals surface area contributed by atoms with Crippen LogP contribution >= 0.6 is 33.9 Å². The first kappa shape index (κ1) is 17.0. The summed E-state index contributed by atoms with van der Waals surface area (Å²) in [6.45, 7) is 4.43. The number of amides is 1. The molecular weight excluding hydrogens is 443 g/mol. The van der Waals surface area contributed by atoms with Gasteiger partial charge in [-0.25, -0.2) is 0 Å². The highest BCUT2D eigenvalue weighted by Crippen LogP contribution is 2.26. The van der Waals surface area contributed by atoms with Crippen molar-refractivity contribution in [3.8, 4) is 0 Å². The van der Waals surface area contributed by atoms with Gasteiger partial charge in [-0.15, -0.1) is 11.3 Å². The number of benzene rings is 2. The van der Waals surface area contributed by atoms with Crippen molar-refractivity contribution in [1.29, 1.82) is 0 Å². The Morgan fingerprint density at radius 3 is 2.56 bits per heavy atom. The number of nitrogens with zero attached hydrogens (tertiary/aromatic N) is 2. The van der Waals surface area contributed by atoms with Crippen molar-refractivity contribution < 1.29 is 4.79 Å². The average molecular weight is 462 g/mol. The van der Waals surface area contributed by atoms with Gasteiger partial charge in [-0.2, -0.15) is 0 Å². The Kier molecular flexibility index (Phi) is 5.05. The Balaban J connectivity index is 1.38. The fourth-order valence-corrected chi connectivity index (χ4v) is 4.88. The van der Waals surface area contributed by atoms with E-state index in [1.807, 2.05) is 23.1 Å². The maximum atomic E-state index is 12.8. The first-order valence-corrected chi connectivity index (χ1v) is 10.3. The molecule has 5 heteroatoms. The van der Waals surface area contributed by atoms with Crippen LogP contribution in [0.2, 0.25) is 0 Å². The quantitative estimate of drug-likeness (QED) is 0.537. The van der Waals surface area contributed by atoms with Crippen LogP contribution in [0, 0.1) is 3.57 Å². The number of rotatable bonds is 3. The van der Waals surface area contributed by atoms with E-state index < -0.39 is 0 Å². The van der Waals surface area contributed by atoms with Gasteiger partial charge >= 0.3 is 0 Å². The van der Waals surface area contributed by atoms with E-state index in [0.717, 1.165) is 43.0 Å². The van der Waals surface area contributed by atoms with Crippen molar-refractivity contribution in [1.82, 2.24) is 9.80 Å². The number of piperazine rings is 1. The van der Waals surface area contributed by atoms with Gasteiger partial charge in [0.05, 0.1) is 4.88 Å². The van der Waals surface area contributed by atoms with Gasteiger partial charge in [0.1, 0.15) is 0 Å². The molecule has 0 unspecified atom stereocenters. The molecule has 0 spiro atoms. The van der Waals surface area contributed by atoms with Crippen LogP contribution in [-0.4, -0.2) is 41.9 Å². The van der Waals surface area contributed by atoms with Gasteiger partial charge in [0.2, 0.25) is 0 Å². The summed E-state index contributed by atoms with van der Waals surface area (Å²) in [5.74, 6) is 0.176. The molecule has 25 heavy (non-hydrogen) atoms. The molecule has 1 amide bonds. The molecule has 0 bridgehead atoms. The Morgan fingerprint density at radius 2 is 1.80 bits per heavy atom. The Morgan fingerprint density at radius 1 is 1.00 bits per heavy atom. The highest BCUT2D eigenvalue weighted by atomic mass is 127. The second kappa shape index (κ2) is 7.43. The van der Waals surface area contributed by atoms with Crippen LogP contribution < -0.4 is 0 Å². The zero-order chi connectivity index (χ0) is 17.2. The lowest BCUT2D eigenvalue weighted by molar-refractivity contribution is 0.0633. The van der Waals surface area contributed by atoms with Crippen LogP contribution in [0.25, 0.3) is 10.1 Å². The first-order valence-electron chi connectivity index (χ1n) is 8.44. The number of carbonyl (C=O) groups excluding carboxylic acids is 1. The van der Waals surface area contributed by atoms with Gasteiger partial charge in [-0.3, -0.25) is 9.69 Å². The molecule has 1 fully saturated rings. The SMILES string of the molecule is O=C(c1cc2ccccc2s1)N1CCN(Cc2cccc(I)c2)CC1. The van der Waals surface area contributed by atoms with Crippen molar-refractivity contribution in [2.24, 2.45) is 0 Å². The summed E-state index contributed by atoms with van der Waals surface area (Å²) >= 11 is 3.95. The third-order valence-electron chi connectivity index (χ3n) is 4.59. The van der Waals surface area contributed by atoms with Crippen LogP contribution in [0.4, 0.5) is 0 Å². The van der Waals surface area contributed by atoms with Crippen molar-refractivity contribution in [3.05, 3.63) is 68.6 Å². The lowest BCUT2D eigenvalue weighted by Gasteiger charge is -2.34. The lowest BCUT2D eigenvalue weighted by Crippen LogP contribution is -2.48. The van der Waals surface area contributed by atoms with Crippen LogP contribution in [0.15, 0.2) is 54.6 Å². The van der Waals surface area contributed by atoms with Gasteiger partial charge in [-0.1, -0.05) is 30.3 Å². The highest BCUT2D eigenvalue weighted by Gasteiger charge is 2.23. The summed E-state index contributed by atoms with van der Waals surface area (Å²) in [4.78, 5) is 18.1. The Bertz CT molecular complexity index is 866. The molecule has 2 heterocycles. The predicted molar refractivity (Wildman–Crippen MR) is 112 cm³/mol. The van der Waals surface area contributed by atoms with Gasteiger partial charge in [0.15, 0.2) is 0 Å². The predicted octanol–water partition coefficient (Wildman–Crippen LogP) is 4.46. The summed E-state index contributed by atoms with van der Waals surface area (Å²) in [6, 6.07) is 18.9. The Hall–Kier alpha value is -1.44. The molecule has 2 aromatic carbocycles. The minimum Gasteiger partial charge on any atom is -0.335 e. The van der Waals surface area contributed by atoms with E-state index in [0.29, 0.717) is 0 Å². The van der Waals surface area contributed by atoms with Gasteiger partial charge in [0.25, 0.3) is 5.91 Å². The zero-order valence-electron chi connectivity index (χ0n) is 13.8. The second-order valence-electron chi connectivity index (χ2n) is 6.35. The molecule has 1 saturated heterocycles. The second-order valence-corrected chi connectivity index (χ2v) is 8.68. The average Bonchev–Trinajstić information content (AvgIpc) is 3.06. The van der Waals surface area contributed by atoms with Gasteiger partial charge < -0.3 is 4.90 Å². The molecule has 0 N–H and O–H groups in total. The maximum Gasteiger partial charge on any atom is 0.264 e. The minimum atomic E-state index is 0.176. The monoisotopic (exact) mass is 462 g/mol. The van der Waals surface area contributed by atoms with Crippen LogP contribution in [0.5, 0.6) is 0 Å². The third kappa shape index (κ3) is 3.88. The molecule has 0 atom stereocenters. The van der Waals surface area contributed by atoms with Gasteiger partial charge in [-0.05, 0) is 57.8 Å². The fraction of sp³-hybridized carbons (Fsp3) is 0.250. The lowest BCUT2D eigenvalue weighted by atomic mass is 10.2. The van der Waals surface area contributed by atoms with E-state index in [9.17, 15) is 4.79 Å². The zero-order valence-corrected chi connectivity index (χ0v) is 16.8. The molecule has 0 aliphatic carbocycles. The Labute approximate surface area is 165 Å². The van der Waals surface area contributed by atoms with E-state index in [2.05, 4.69) is 63.9 Å². The molecule has 4 rings (SSSR count). The molecule has 3 nitrogen and oxygen atoms in total. The number of fused-ring (bicyclic) bond motifs is 1. The molecule has 0 saturated carbocycles. The van der Waals surface area contributed by atoms with Crippen molar-refractivity contribution in [2.75, 3.05) is 26.2 Å². The summed E-state index contributed by atoms with van der Waals surface area (Å²) in [5.41, 5.74) is 1.34. The topological polar surface area (TPSA) is 23.6 Å². The maximum absolute atomic E-state index is 12.8. The smallest absolute Gasteiger partial charge is 0.264 e. The third-order valence-corrected chi connectivity index (χ3v) is 6.37. The van der Waals surface area contributed by atoms with Crippen molar-refractivity contribution >= 4 is 49.9 Å².